The number of nitrogens with one attached hydrogen (secondary N) is 1. The molecule has 19 heavy (non-hydrogen) atoms. The van der Waals surface area contributed by atoms with Crippen LogP contribution in [0.3, 0.4) is 0 Å². The highest BCUT2D eigenvalue weighted by atomic mass is 32.1. The van der Waals surface area contributed by atoms with Crippen LogP contribution < -0.4 is 11.1 Å². The van der Waals surface area contributed by atoms with Crippen molar-refractivity contribution in [2.75, 3.05) is 13.2 Å². The van der Waals surface area contributed by atoms with Crippen LogP contribution in [0.4, 0.5) is 0 Å². The second-order valence-electron chi connectivity index (χ2n) is 4.53. The van der Waals surface area contributed by atoms with Crippen LogP contribution >= 0.6 is 11.3 Å². The smallest absolute Gasteiger partial charge is 0.355 e. The molecule has 0 aromatic carbocycles. The Hall–Kier alpha value is -1.51. The van der Waals surface area contributed by atoms with Crippen molar-refractivity contribution in [2.24, 2.45) is 5.73 Å². The van der Waals surface area contributed by atoms with Crippen LogP contribution in [0.15, 0.2) is 5.38 Å². The van der Waals surface area contributed by atoms with E-state index in [1.807, 2.05) is 0 Å². The lowest BCUT2D eigenvalue weighted by Crippen LogP contribution is -2.54. The number of nitrogens with zero attached hydrogens (tertiary/aromatic N) is 1. The summed E-state index contributed by atoms with van der Waals surface area (Å²) in [5.41, 5.74) is 4.91. The number of thiazole rings is 1. The summed E-state index contributed by atoms with van der Waals surface area (Å²) in [6.07, 6.45) is 0.476. The molecular formula is C11H15N3O4S. The average molecular weight is 285 g/mol. The van der Waals surface area contributed by atoms with Gasteiger partial charge in [0, 0.05) is 12.0 Å². The summed E-state index contributed by atoms with van der Waals surface area (Å²) in [4.78, 5) is 26.7. The fourth-order valence-corrected chi connectivity index (χ4v) is 2.55. The third-order valence-electron chi connectivity index (χ3n) is 2.96. The lowest BCUT2D eigenvalue weighted by molar-refractivity contribution is -0.127. The summed E-state index contributed by atoms with van der Waals surface area (Å²) < 4.78 is 5.13. The van der Waals surface area contributed by atoms with Crippen molar-refractivity contribution in [2.45, 2.75) is 24.9 Å². The number of hydrogen-bond acceptors (Lipinski definition) is 6. The molecule has 0 spiro atoms. The maximum absolute atomic E-state index is 12.0. The number of aromatic carboxylic acids is 1. The molecule has 0 saturated carbocycles. The molecule has 2 heterocycles. The number of carboxylic acid groups (broad SMARTS) is 1. The zero-order valence-corrected chi connectivity index (χ0v) is 11.2. The van der Waals surface area contributed by atoms with Gasteiger partial charge in [-0.2, -0.15) is 0 Å². The third kappa shape index (κ3) is 2.91. The Balaban J connectivity index is 2.01. The highest BCUT2D eigenvalue weighted by molar-refractivity contribution is 7.09. The van der Waals surface area contributed by atoms with Gasteiger partial charge in [0.25, 0.3) is 0 Å². The number of hydrogen-bond donors (Lipinski definition) is 3. The Labute approximate surface area is 113 Å². The van der Waals surface area contributed by atoms with Crippen LogP contribution in [0.5, 0.6) is 0 Å². The zero-order chi connectivity index (χ0) is 14.0. The Morgan fingerprint density at radius 1 is 1.68 bits per heavy atom. The molecule has 1 aliphatic heterocycles. The molecule has 0 aliphatic carbocycles. The van der Waals surface area contributed by atoms with Crippen molar-refractivity contribution in [3.8, 4) is 0 Å². The fraction of sp³-hybridized carbons (Fsp3) is 0.545. The molecule has 2 rings (SSSR count). The molecule has 1 aromatic rings. The topological polar surface area (TPSA) is 115 Å². The molecular weight excluding hydrogens is 270 g/mol. The largest absolute Gasteiger partial charge is 0.476 e. The first-order valence-electron chi connectivity index (χ1n) is 5.79. The van der Waals surface area contributed by atoms with Crippen LogP contribution in [0.1, 0.15) is 34.9 Å². The maximum Gasteiger partial charge on any atom is 0.355 e. The highest BCUT2D eigenvalue weighted by Gasteiger charge is 2.39. The third-order valence-corrected chi connectivity index (χ3v) is 3.99. The van der Waals surface area contributed by atoms with Gasteiger partial charge >= 0.3 is 5.97 Å². The molecule has 104 valence electrons. The summed E-state index contributed by atoms with van der Waals surface area (Å²) in [5.74, 6) is -1.38. The minimum absolute atomic E-state index is 0.0206. The van der Waals surface area contributed by atoms with E-state index < -0.39 is 11.5 Å². The first kappa shape index (κ1) is 13.9. The summed E-state index contributed by atoms with van der Waals surface area (Å²) in [6, 6.07) is -0.383. The lowest BCUT2D eigenvalue weighted by Gasteiger charge is -2.22. The number of carboxylic acids is 1. The Morgan fingerprint density at radius 2 is 2.42 bits per heavy atom. The second-order valence-corrected chi connectivity index (χ2v) is 5.42. The van der Waals surface area contributed by atoms with E-state index in [0.29, 0.717) is 18.0 Å². The normalized spacial score (nSPS) is 24.1. The van der Waals surface area contributed by atoms with Gasteiger partial charge in [-0.15, -0.1) is 11.3 Å². The molecule has 7 nitrogen and oxygen atoms in total. The van der Waals surface area contributed by atoms with Crippen LogP contribution in [0.25, 0.3) is 0 Å². The lowest BCUT2D eigenvalue weighted by atomic mass is 9.99. The number of ether oxygens (including phenoxy) is 1. The first-order chi connectivity index (χ1) is 8.92. The van der Waals surface area contributed by atoms with E-state index >= 15 is 0 Å². The zero-order valence-electron chi connectivity index (χ0n) is 10.4. The van der Waals surface area contributed by atoms with Crippen LogP contribution in [-0.2, 0) is 9.53 Å². The van der Waals surface area contributed by atoms with Gasteiger partial charge in [-0.1, -0.05) is 0 Å². The molecule has 4 N–H and O–H groups in total. The van der Waals surface area contributed by atoms with E-state index in [2.05, 4.69) is 10.3 Å². The van der Waals surface area contributed by atoms with Crippen molar-refractivity contribution < 1.29 is 19.4 Å². The standard InChI is InChI=1S/C11H15N3O4S/c1-6(8-14-7(4-19-8)9(15)16)13-10(17)11(12)2-3-18-5-11/h4,6H,2-3,5,12H2,1H3,(H,13,17)(H,15,16). The Bertz CT molecular complexity index is 496. The van der Waals surface area contributed by atoms with Gasteiger partial charge in [0.2, 0.25) is 5.91 Å². The van der Waals surface area contributed by atoms with E-state index in [4.69, 9.17) is 15.6 Å². The second kappa shape index (κ2) is 5.24. The van der Waals surface area contributed by atoms with Crippen LogP contribution in [0, 0.1) is 0 Å². The van der Waals surface area contributed by atoms with Crippen molar-refractivity contribution in [1.82, 2.24) is 10.3 Å². The van der Waals surface area contributed by atoms with Gasteiger partial charge in [0.05, 0.1) is 12.6 Å². The van der Waals surface area contributed by atoms with Gasteiger partial charge in [-0.05, 0) is 13.3 Å². The molecule has 1 aromatic heterocycles. The Morgan fingerprint density at radius 3 is 2.95 bits per heavy atom. The summed E-state index contributed by atoms with van der Waals surface area (Å²) in [5, 5.41) is 13.5. The number of carbonyl (C=O) groups excluding carboxylic acids is 1. The van der Waals surface area contributed by atoms with Gasteiger partial charge in [0.15, 0.2) is 5.69 Å². The predicted octanol–water partition coefficient (Wildman–Crippen LogP) is 0.136. The van der Waals surface area contributed by atoms with E-state index in [1.165, 1.54) is 16.7 Å². The van der Waals surface area contributed by atoms with Crippen molar-refractivity contribution in [3.63, 3.8) is 0 Å². The summed E-state index contributed by atoms with van der Waals surface area (Å²) in [6.45, 7) is 2.41. The molecule has 1 aliphatic rings. The van der Waals surface area contributed by atoms with E-state index in [9.17, 15) is 9.59 Å². The van der Waals surface area contributed by atoms with Gasteiger partial charge in [-0.25, -0.2) is 9.78 Å². The number of rotatable bonds is 4. The molecule has 0 bridgehead atoms. The van der Waals surface area contributed by atoms with E-state index in [0.717, 1.165) is 0 Å². The summed E-state index contributed by atoms with van der Waals surface area (Å²) in [7, 11) is 0. The monoisotopic (exact) mass is 285 g/mol. The molecule has 1 fully saturated rings. The minimum atomic E-state index is -1.08. The van der Waals surface area contributed by atoms with Crippen LogP contribution in [0.2, 0.25) is 0 Å². The van der Waals surface area contributed by atoms with Gasteiger partial charge in [-0.3, -0.25) is 4.79 Å². The molecule has 2 atom stereocenters. The number of aromatic nitrogens is 1. The number of nitrogens with two attached hydrogens (primary N) is 1. The number of carbonyl (C=O) groups is 2. The fourth-order valence-electron chi connectivity index (χ4n) is 1.75. The van der Waals surface area contributed by atoms with Crippen LogP contribution in [-0.4, -0.2) is 40.7 Å². The average Bonchev–Trinajstić information content (AvgIpc) is 2.97. The number of amides is 1. The predicted molar refractivity (Wildman–Crippen MR) is 68.0 cm³/mol. The molecule has 8 heteroatoms. The van der Waals surface area contributed by atoms with Crippen molar-refractivity contribution in [1.29, 1.82) is 0 Å². The molecule has 0 radical (unpaired) electrons. The minimum Gasteiger partial charge on any atom is -0.476 e. The summed E-state index contributed by atoms with van der Waals surface area (Å²) >= 11 is 1.19. The highest BCUT2D eigenvalue weighted by Crippen LogP contribution is 2.21. The van der Waals surface area contributed by atoms with Gasteiger partial charge in [0.1, 0.15) is 10.5 Å². The molecule has 1 amide bonds. The van der Waals surface area contributed by atoms with Crippen molar-refractivity contribution >= 4 is 23.2 Å². The van der Waals surface area contributed by atoms with Crippen molar-refractivity contribution in [3.05, 3.63) is 16.1 Å². The SMILES string of the molecule is CC(NC(=O)C1(N)CCOC1)c1nc(C(=O)O)cs1. The van der Waals surface area contributed by atoms with E-state index in [-0.39, 0.29) is 24.2 Å². The Kier molecular flexibility index (Phi) is 3.83. The van der Waals surface area contributed by atoms with E-state index in [1.54, 1.807) is 6.92 Å². The van der Waals surface area contributed by atoms with Gasteiger partial charge < -0.3 is 20.9 Å². The quantitative estimate of drug-likeness (QED) is 0.724. The first-order valence-corrected chi connectivity index (χ1v) is 6.67. The molecule has 1 saturated heterocycles. The maximum atomic E-state index is 12.0. The molecule has 2 unspecified atom stereocenters.